The predicted molar refractivity (Wildman–Crippen MR) is 53.4 cm³/mol. The fourth-order valence-corrected chi connectivity index (χ4v) is 1.52. The molecule has 0 aromatic carbocycles. The Hall–Kier alpha value is -0.170. The summed E-state index contributed by atoms with van der Waals surface area (Å²) in [6, 6.07) is 0. The molecule has 0 aliphatic rings. The van der Waals surface area contributed by atoms with Crippen molar-refractivity contribution >= 4 is 10.2 Å². The summed E-state index contributed by atoms with van der Waals surface area (Å²) in [6.07, 6.45) is 0.829. The Morgan fingerprint density at radius 2 is 2.00 bits per heavy atom. The molecule has 0 aliphatic carbocycles. The van der Waals surface area contributed by atoms with Gasteiger partial charge in [-0.05, 0) is 18.9 Å². The molecule has 6 heteroatoms. The number of nitrogens with two attached hydrogens (primary N) is 1. The molecular weight excluding hydrogens is 190 g/mol. The Labute approximate surface area is 80.5 Å². The van der Waals surface area contributed by atoms with Crippen LogP contribution in [0.2, 0.25) is 0 Å². The zero-order valence-corrected chi connectivity index (χ0v) is 9.26. The largest absolute Gasteiger partial charge is 0.330 e. The number of nitrogens with one attached hydrogen (secondary N) is 1. The minimum atomic E-state index is -3.27. The van der Waals surface area contributed by atoms with E-state index in [9.17, 15) is 8.42 Å². The maximum atomic E-state index is 11.2. The summed E-state index contributed by atoms with van der Waals surface area (Å²) in [4.78, 5) is 0. The van der Waals surface area contributed by atoms with Gasteiger partial charge in [-0.25, -0.2) is 4.72 Å². The van der Waals surface area contributed by atoms with Gasteiger partial charge in [0.25, 0.3) is 10.2 Å². The molecule has 5 nitrogen and oxygen atoms in total. The molecule has 0 aromatic heterocycles. The van der Waals surface area contributed by atoms with E-state index in [4.69, 9.17) is 5.73 Å². The topological polar surface area (TPSA) is 75.4 Å². The molecule has 0 aliphatic heterocycles. The van der Waals surface area contributed by atoms with Crippen LogP contribution < -0.4 is 10.5 Å². The van der Waals surface area contributed by atoms with Gasteiger partial charge in [0, 0.05) is 20.6 Å². The highest BCUT2D eigenvalue weighted by Gasteiger charge is 2.13. The molecule has 0 saturated heterocycles. The maximum absolute atomic E-state index is 11.2. The second-order valence-corrected chi connectivity index (χ2v) is 5.29. The van der Waals surface area contributed by atoms with Crippen LogP contribution in [0.15, 0.2) is 0 Å². The fraction of sp³-hybridized carbons (Fsp3) is 1.00. The van der Waals surface area contributed by atoms with Crippen LogP contribution in [0, 0.1) is 5.92 Å². The Bertz CT molecular complexity index is 226. The summed E-state index contributed by atoms with van der Waals surface area (Å²) in [5.74, 6) is 0.278. The van der Waals surface area contributed by atoms with Gasteiger partial charge in [0.2, 0.25) is 0 Å². The van der Waals surface area contributed by atoms with Crippen LogP contribution in [-0.2, 0) is 10.2 Å². The summed E-state index contributed by atoms with van der Waals surface area (Å²) in [5.41, 5.74) is 5.34. The lowest BCUT2D eigenvalue weighted by atomic mass is 10.1. The van der Waals surface area contributed by atoms with E-state index in [2.05, 4.69) is 4.72 Å². The third-order valence-electron chi connectivity index (χ3n) is 1.75. The fourth-order valence-electron chi connectivity index (χ4n) is 0.763. The molecule has 1 unspecified atom stereocenters. The highest BCUT2D eigenvalue weighted by atomic mass is 32.2. The summed E-state index contributed by atoms with van der Waals surface area (Å²) in [6.45, 7) is 2.99. The van der Waals surface area contributed by atoms with Crippen molar-refractivity contribution in [2.24, 2.45) is 11.7 Å². The summed E-state index contributed by atoms with van der Waals surface area (Å²) in [7, 11) is -0.277. The van der Waals surface area contributed by atoms with Crippen molar-refractivity contribution in [3.63, 3.8) is 0 Å². The first-order chi connectivity index (χ1) is 5.90. The van der Waals surface area contributed by atoms with E-state index in [1.54, 1.807) is 0 Å². The van der Waals surface area contributed by atoms with Crippen LogP contribution in [0.5, 0.6) is 0 Å². The van der Waals surface area contributed by atoms with Crippen molar-refractivity contribution in [3.05, 3.63) is 0 Å². The van der Waals surface area contributed by atoms with E-state index >= 15 is 0 Å². The van der Waals surface area contributed by atoms with Gasteiger partial charge >= 0.3 is 0 Å². The van der Waals surface area contributed by atoms with Crippen molar-refractivity contribution < 1.29 is 8.42 Å². The van der Waals surface area contributed by atoms with Crippen LogP contribution in [-0.4, -0.2) is 39.9 Å². The van der Waals surface area contributed by atoms with Crippen molar-refractivity contribution in [2.45, 2.75) is 13.3 Å². The molecule has 0 radical (unpaired) electrons. The number of nitrogens with zero attached hydrogens (tertiary/aromatic N) is 1. The quantitative estimate of drug-likeness (QED) is 0.611. The third kappa shape index (κ3) is 5.20. The van der Waals surface area contributed by atoms with Crippen LogP contribution in [0.3, 0.4) is 0 Å². The van der Waals surface area contributed by atoms with E-state index < -0.39 is 10.2 Å². The van der Waals surface area contributed by atoms with Gasteiger partial charge < -0.3 is 5.73 Å². The smallest absolute Gasteiger partial charge is 0.278 e. The molecule has 0 saturated carbocycles. The van der Waals surface area contributed by atoms with E-state index in [1.165, 1.54) is 14.1 Å². The first kappa shape index (κ1) is 12.8. The molecule has 0 aromatic rings. The summed E-state index contributed by atoms with van der Waals surface area (Å²) in [5, 5.41) is 0. The van der Waals surface area contributed by atoms with Gasteiger partial charge in [0.05, 0.1) is 0 Å². The van der Waals surface area contributed by atoms with Crippen LogP contribution >= 0.6 is 0 Å². The monoisotopic (exact) mass is 209 g/mol. The average Bonchev–Trinajstić information content (AvgIpc) is 2.01. The minimum Gasteiger partial charge on any atom is -0.330 e. The molecule has 80 valence electrons. The van der Waals surface area contributed by atoms with E-state index in [0.717, 1.165) is 10.7 Å². The van der Waals surface area contributed by atoms with Crippen molar-refractivity contribution in [2.75, 3.05) is 27.2 Å². The molecule has 0 heterocycles. The maximum Gasteiger partial charge on any atom is 0.278 e. The molecule has 0 bridgehead atoms. The lowest BCUT2D eigenvalue weighted by Crippen LogP contribution is -2.38. The van der Waals surface area contributed by atoms with E-state index in [1.807, 2.05) is 6.92 Å². The zero-order chi connectivity index (χ0) is 10.5. The Balaban J connectivity index is 3.89. The van der Waals surface area contributed by atoms with Gasteiger partial charge in [0.15, 0.2) is 0 Å². The van der Waals surface area contributed by atoms with Crippen LogP contribution in [0.4, 0.5) is 0 Å². The van der Waals surface area contributed by atoms with Gasteiger partial charge in [0.1, 0.15) is 0 Å². The van der Waals surface area contributed by atoms with E-state index in [0.29, 0.717) is 13.1 Å². The second-order valence-electron chi connectivity index (χ2n) is 3.32. The van der Waals surface area contributed by atoms with Crippen LogP contribution in [0.1, 0.15) is 13.3 Å². The first-order valence-corrected chi connectivity index (χ1v) is 5.71. The summed E-state index contributed by atoms with van der Waals surface area (Å²) < 4.78 is 26.1. The summed E-state index contributed by atoms with van der Waals surface area (Å²) >= 11 is 0. The van der Waals surface area contributed by atoms with E-state index in [-0.39, 0.29) is 5.92 Å². The predicted octanol–water partition coefficient (Wildman–Crippen LogP) is -0.633. The Morgan fingerprint density at radius 1 is 1.46 bits per heavy atom. The molecule has 0 amide bonds. The molecule has 0 spiro atoms. The minimum absolute atomic E-state index is 0.278. The Kier molecular flexibility index (Phi) is 5.46. The zero-order valence-electron chi connectivity index (χ0n) is 8.45. The number of hydrogen-bond donors (Lipinski definition) is 2. The highest BCUT2D eigenvalue weighted by Crippen LogP contribution is 1.99. The van der Waals surface area contributed by atoms with Gasteiger partial charge in [-0.3, -0.25) is 0 Å². The van der Waals surface area contributed by atoms with Crippen LogP contribution in [0.25, 0.3) is 0 Å². The standard InChI is InChI=1S/C7H19N3O2S/c1-7(4-5-8)6-9-13(11,12)10(2)3/h7,9H,4-6,8H2,1-3H3. The highest BCUT2D eigenvalue weighted by molar-refractivity contribution is 7.87. The van der Waals surface area contributed by atoms with Gasteiger partial charge in [-0.15, -0.1) is 0 Å². The van der Waals surface area contributed by atoms with Crippen molar-refractivity contribution in [1.29, 1.82) is 0 Å². The van der Waals surface area contributed by atoms with Crippen molar-refractivity contribution in [1.82, 2.24) is 9.03 Å². The number of rotatable bonds is 6. The Morgan fingerprint density at radius 3 is 2.38 bits per heavy atom. The number of hydrogen-bond acceptors (Lipinski definition) is 3. The second kappa shape index (κ2) is 5.54. The first-order valence-electron chi connectivity index (χ1n) is 4.27. The molecule has 1 atom stereocenters. The van der Waals surface area contributed by atoms with Crippen molar-refractivity contribution in [3.8, 4) is 0 Å². The molecule has 3 N–H and O–H groups in total. The van der Waals surface area contributed by atoms with Gasteiger partial charge in [-0.1, -0.05) is 6.92 Å². The molecule has 0 fully saturated rings. The molecule has 0 rings (SSSR count). The lowest BCUT2D eigenvalue weighted by Gasteiger charge is -2.15. The normalized spacial score (nSPS) is 14.8. The molecule has 13 heavy (non-hydrogen) atoms. The molecular formula is C7H19N3O2S. The van der Waals surface area contributed by atoms with Gasteiger partial charge in [-0.2, -0.15) is 12.7 Å². The average molecular weight is 209 g/mol. The SMILES string of the molecule is CC(CCN)CNS(=O)(=O)N(C)C. The lowest BCUT2D eigenvalue weighted by molar-refractivity contribution is 0.478. The third-order valence-corrected chi connectivity index (χ3v) is 3.25.